The Morgan fingerprint density at radius 3 is 2.64 bits per heavy atom. The molecular formula is C20H29Cl2N3O3. The molecule has 2 atom stereocenters. The number of amides is 2. The quantitative estimate of drug-likeness (QED) is 0.794. The number of nitrogens with zero attached hydrogens (tertiary/aromatic N) is 2. The predicted octanol–water partition coefficient (Wildman–Crippen LogP) is 2.12. The van der Waals surface area contributed by atoms with Crippen LogP contribution < -0.4 is 5.73 Å². The van der Waals surface area contributed by atoms with Crippen LogP contribution in [0.3, 0.4) is 0 Å². The molecule has 2 aliphatic rings. The van der Waals surface area contributed by atoms with Crippen molar-refractivity contribution in [2.75, 3.05) is 32.8 Å². The van der Waals surface area contributed by atoms with Gasteiger partial charge in [0.1, 0.15) is 0 Å². The number of carbonyl (C=O) groups excluding carboxylic acids is 2. The first kappa shape index (κ1) is 22.9. The number of piperazine rings is 1. The molecule has 1 aromatic carbocycles. The molecule has 0 radical (unpaired) electrons. The minimum atomic E-state index is -0.477. The number of hydrogen-bond donors (Lipinski definition) is 1. The van der Waals surface area contributed by atoms with Crippen molar-refractivity contribution in [1.82, 2.24) is 9.80 Å². The van der Waals surface area contributed by atoms with Crippen LogP contribution in [0.25, 0.3) is 0 Å². The van der Waals surface area contributed by atoms with E-state index in [1.165, 1.54) is 0 Å². The topological polar surface area (TPSA) is 75.9 Å². The van der Waals surface area contributed by atoms with Crippen LogP contribution >= 0.6 is 24.0 Å². The van der Waals surface area contributed by atoms with Gasteiger partial charge in [-0.1, -0.05) is 23.7 Å². The van der Waals surface area contributed by atoms with E-state index in [1.54, 1.807) is 6.07 Å². The molecule has 0 aromatic heterocycles. The summed E-state index contributed by atoms with van der Waals surface area (Å²) in [6.45, 7) is 4.92. The molecule has 156 valence electrons. The lowest BCUT2D eigenvalue weighted by Crippen LogP contribution is -2.59. The Kier molecular flexibility index (Phi) is 8.56. The highest BCUT2D eigenvalue weighted by atomic mass is 35.5. The number of ether oxygens (including phenoxy) is 1. The van der Waals surface area contributed by atoms with Crippen LogP contribution in [0.2, 0.25) is 5.02 Å². The van der Waals surface area contributed by atoms with Crippen molar-refractivity contribution in [3.05, 3.63) is 34.9 Å². The van der Waals surface area contributed by atoms with Gasteiger partial charge in [-0.15, -0.1) is 12.4 Å². The Balaban J connectivity index is 0.00000280. The summed E-state index contributed by atoms with van der Waals surface area (Å²) in [5.74, 6) is 0.241. The molecule has 8 heteroatoms. The van der Waals surface area contributed by atoms with Crippen LogP contribution in [0.4, 0.5) is 0 Å². The molecule has 2 fully saturated rings. The third kappa shape index (κ3) is 5.60. The Hall–Kier alpha value is -1.34. The molecule has 1 aromatic rings. The number of benzene rings is 1. The Morgan fingerprint density at radius 2 is 2.00 bits per heavy atom. The molecule has 2 saturated heterocycles. The fourth-order valence-electron chi connectivity index (χ4n) is 3.94. The molecule has 0 aliphatic carbocycles. The predicted molar refractivity (Wildman–Crippen MR) is 112 cm³/mol. The first-order valence-corrected chi connectivity index (χ1v) is 9.99. The van der Waals surface area contributed by atoms with E-state index in [9.17, 15) is 9.59 Å². The normalized spacial score (nSPS) is 21.8. The lowest BCUT2D eigenvalue weighted by molar-refractivity contribution is -0.144. The molecule has 2 amide bonds. The summed E-state index contributed by atoms with van der Waals surface area (Å²) in [6, 6.07) is 6.86. The average Bonchev–Trinajstić information content (AvgIpc) is 2.67. The third-order valence-electron chi connectivity index (χ3n) is 5.56. The van der Waals surface area contributed by atoms with Crippen LogP contribution in [0.15, 0.2) is 24.3 Å². The van der Waals surface area contributed by atoms with E-state index < -0.39 is 6.04 Å². The SMILES string of the molecule is CC1CN(C(=O)C(N)C2CCOCC2)CCN1C(=O)Cc1cccc(Cl)c1.Cl. The zero-order valence-corrected chi connectivity index (χ0v) is 17.8. The number of hydrogen-bond acceptors (Lipinski definition) is 4. The Morgan fingerprint density at radius 1 is 1.29 bits per heavy atom. The van der Waals surface area contributed by atoms with Gasteiger partial charge >= 0.3 is 0 Å². The van der Waals surface area contributed by atoms with Crippen molar-refractivity contribution in [2.45, 2.75) is 38.3 Å². The summed E-state index contributed by atoms with van der Waals surface area (Å²) in [7, 11) is 0. The molecule has 3 rings (SSSR count). The Bertz CT molecular complexity index is 682. The smallest absolute Gasteiger partial charge is 0.239 e. The number of halogens is 2. The zero-order valence-electron chi connectivity index (χ0n) is 16.2. The van der Waals surface area contributed by atoms with Gasteiger partial charge in [0.15, 0.2) is 0 Å². The maximum absolute atomic E-state index is 12.8. The molecule has 0 bridgehead atoms. The van der Waals surface area contributed by atoms with Gasteiger partial charge in [0.2, 0.25) is 11.8 Å². The van der Waals surface area contributed by atoms with Crippen LogP contribution in [-0.2, 0) is 20.7 Å². The van der Waals surface area contributed by atoms with Gasteiger partial charge in [-0.25, -0.2) is 0 Å². The molecule has 2 heterocycles. The maximum Gasteiger partial charge on any atom is 0.239 e. The zero-order chi connectivity index (χ0) is 19.4. The minimum Gasteiger partial charge on any atom is -0.381 e. The van der Waals surface area contributed by atoms with E-state index >= 15 is 0 Å². The lowest BCUT2D eigenvalue weighted by atomic mass is 9.91. The van der Waals surface area contributed by atoms with Crippen molar-refractivity contribution in [2.24, 2.45) is 11.7 Å². The van der Waals surface area contributed by atoms with Crippen LogP contribution in [0.5, 0.6) is 0 Å². The first-order chi connectivity index (χ1) is 13.0. The molecule has 2 N–H and O–H groups in total. The van der Waals surface area contributed by atoms with Gasteiger partial charge in [-0.05, 0) is 43.4 Å². The van der Waals surface area contributed by atoms with E-state index in [1.807, 2.05) is 34.9 Å². The highest BCUT2D eigenvalue weighted by molar-refractivity contribution is 6.30. The highest BCUT2D eigenvalue weighted by Crippen LogP contribution is 2.21. The van der Waals surface area contributed by atoms with E-state index in [0.717, 1.165) is 18.4 Å². The summed E-state index contributed by atoms with van der Waals surface area (Å²) in [6.07, 6.45) is 1.99. The second-order valence-electron chi connectivity index (χ2n) is 7.50. The van der Waals surface area contributed by atoms with Gasteiger partial charge < -0.3 is 20.3 Å². The summed E-state index contributed by atoms with van der Waals surface area (Å²) in [5.41, 5.74) is 7.14. The minimum absolute atomic E-state index is 0. The number of nitrogens with two attached hydrogens (primary N) is 1. The van der Waals surface area contributed by atoms with Crippen molar-refractivity contribution in [3.8, 4) is 0 Å². The highest BCUT2D eigenvalue weighted by Gasteiger charge is 2.34. The molecular weight excluding hydrogens is 401 g/mol. The molecule has 0 saturated carbocycles. The fourth-order valence-corrected chi connectivity index (χ4v) is 4.15. The van der Waals surface area contributed by atoms with Gasteiger partial charge in [-0.3, -0.25) is 9.59 Å². The van der Waals surface area contributed by atoms with Crippen molar-refractivity contribution >= 4 is 35.8 Å². The van der Waals surface area contributed by atoms with E-state index in [4.69, 9.17) is 22.1 Å². The van der Waals surface area contributed by atoms with Gasteiger partial charge in [0.25, 0.3) is 0 Å². The van der Waals surface area contributed by atoms with E-state index in [0.29, 0.717) is 44.3 Å². The average molecular weight is 430 g/mol. The van der Waals surface area contributed by atoms with Crippen molar-refractivity contribution < 1.29 is 14.3 Å². The second-order valence-corrected chi connectivity index (χ2v) is 7.94. The van der Waals surface area contributed by atoms with Crippen molar-refractivity contribution in [1.29, 1.82) is 0 Å². The number of rotatable bonds is 4. The van der Waals surface area contributed by atoms with E-state index in [2.05, 4.69) is 0 Å². The van der Waals surface area contributed by atoms with Gasteiger partial charge in [0, 0.05) is 43.9 Å². The molecule has 28 heavy (non-hydrogen) atoms. The number of carbonyl (C=O) groups is 2. The standard InChI is InChI=1S/C20H28ClN3O3.ClH/c1-14-13-23(20(26)19(22)16-5-9-27-10-6-16)7-8-24(14)18(25)12-15-3-2-4-17(21)11-15;/h2-4,11,14,16,19H,5-10,12-13,22H2,1H3;1H. The second kappa shape index (κ2) is 10.4. The monoisotopic (exact) mass is 429 g/mol. The first-order valence-electron chi connectivity index (χ1n) is 9.61. The van der Waals surface area contributed by atoms with Crippen LogP contribution in [0.1, 0.15) is 25.3 Å². The summed E-state index contributed by atoms with van der Waals surface area (Å²) >= 11 is 6.00. The third-order valence-corrected chi connectivity index (χ3v) is 5.80. The summed E-state index contributed by atoms with van der Waals surface area (Å²) in [5, 5.41) is 0.630. The maximum atomic E-state index is 12.8. The van der Waals surface area contributed by atoms with Crippen LogP contribution in [-0.4, -0.2) is 66.5 Å². The Labute approximate surface area is 177 Å². The largest absolute Gasteiger partial charge is 0.381 e. The van der Waals surface area contributed by atoms with Crippen molar-refractivity contribution in [3.63, 3.8) is 0 Å². The summed E-state index contributed by atoms with van der Waals surface area (Å²) in [4.78, 5) is 29.1. The molecule has 6 nitrogen and oxygen atoms in total. The van der Waals surface area contributed by atoms with Crippen LogP contribution in [0, 0.1) is 5.92 Å². The lowest BCUT2D eigenvalue weighted by Gasteiger charge is -2.41. The van der Waals surface area contributed by atoms with Gasteiger partial charge in [-0.2, -0.15) is 0 Å². The fraction of sp³-hybridized carbons (Fsp3) is 0.600. The molecule has 2 aliphatic heterocycles. The molecule has 2 unspecified atom stereocenters. The van der Waals surface area contributed by atoms with Gasteiger partial charge in [0.05, 0.1) is 12.5 Å². The molecule has 0 spiro atoms. The summed E-state index contributed by atoms with van der Waals surface area (Å²) < 4.78 is 5.36. The van der Waals surface area contributed by atoms with E-state index in [-0.39, 0.29) is 36.2 Å².